The topological polar surface area (TPSA) is 87.3 Å². The largest absolute Gasteiger partial charge is 0.417 e. The highest BCUT2D eigenvalue weighted by Gasteiger charge is 2.34. The first-order valence-electron chi connectivity index (χ1n) is 8.29. The summed E-state index contributed by atoms with van der Waals surface area (Å²) in [5.41, 5.74) is -0.967. The second-order valence-electron chi connectivity index (χ2n) is 5.81. The lowest BCUT2D eigenvalue weighted by Gasteiger charge is -2.13. The Morgan fingerprint density at radius 2 is 1.46 bits per heavy atom. The van der Waals surface area contributed by atoms with Crippen LogP contribution in [0.2, 0.25) is 0 Å². The van der Waals surface area contributed by atoms with Crippen LogP contribution in [0.4, 0.5) is 18.9 Å². The van der Waals surface area contributed by atoms with E-state index in [0.29, 0.717) is 5.56 Å². The second kappa shape index (κ2) is 9.03. The van der Waals surface area contributed by atoms with Crippen molar-refractivity contribution in [2.75, 3.05) is 18.4 Å². The van der Waals surface area contributed by atoms with E-state index in [1.165, 1.54) is 43.3 Å². The predicted octanol–water partition coefficient (Wildman–Crippen LogP) is 2.82. The molecule has 28 heavy (non-hydrogen) atoms. The molecule has 0 bridgehead atoms. The SMILES string of the molecule is CC(=O)NCCNC(=O)c1ccc(NC(=O)c2ccccc2C(F)(F)F)cc1. The third-order valence-corrected chi connectivity index (χ3v) is 3.67. The Bertz CT molecular complexity index is 865. The first-order chi connectivity index (χ1) is 13.2. The molecule has 0 atom stereocenters. The van der Waals surface area contributed by atoms with Gasteiger partial charge in [0.15, 0.2) is 0 Å². The standard InChI is InChI=1S/C19H18F3N3O3/c1-12(26)23-10-11-24-17(27)13-6-8-14(9-7-13)25-18(28)15-4-2-3-5-16(15)19(20,21)22/h2-9H,10-11H2,1H3,(H,23,26)(H,24,27)(H,25,28). The lowest BCUT2D eigenvalue weighted by Crippen LogP contribution is -2.33. The number of benzene rings is 2. The van der Waals surface area contributed by atoms with Crippen LogP contribution in [0.1, 0.15) is 33.2 Å². The molecule has 9 heteroatoms. The first-order valence-corrected chi connectivity index (χ1v) is 8.29. The monoisotopic (exact) mass is 393 g/mol. The smallest absolute Gasteiger partial charge is 0.355 e. The summed E-state index contributed by atoms with van der Waals surface area (Å²) in [7, 11) is 0. The molecule has 0 saturated heterocycles. The normalized spacial score (nSPS) is 10.9. The third-order valence-electron chi connectivity index (χ3n) is 3.67. The van der Waals surface area contributed by atoms with Crippen LogP contribution in [0.25, 0.3) is 0 Å². The molecule has 148 valence electrons. The van der Waals surface area contributed by atoms with Crippen molar-refractivity contribution in [1.29, 1.82) is 0 Å². The molecule has 0 aliphatic heterocycles. The Kier molecular flexibility index (Phi) is 6.75. The van der Waals surface area contributed by atoms with Crippen LogP contribution < -0.4 is 16.0 Å². The van der Waals surface area contributed by atoms with Crippen LogP contribution in [0.3, 0.4) is 0 Å². The van der Waals surface area contributed by atoms with Crippen LogP contribution >= 0.6 is 0 Å². The molecule has 0 aromatic heterocycles. The zero-order valence-electron chi connectivity index (χ0n) is 14.9. The maximum absolute atomic E-state index is 13.0. The Morgan fingerprint density at radius 3 is 2.07 bits per heavy atom. The van der Waals surface area contributed by atoms with Gasteiger partial charge in [-0.2, -0.15) is 13.2 Å². The number of anilines is 1. The fourth-order valence-corrected chi connectivity index (χ4v) is 2.35. The fourth-order valence-electron chi connectivity index (χ4n) is 2.35. The summed E-state index contributed by atoms with van der Waals surface area (Å²) in [5, 5.41) is 7.51. The van der Waals surface area contributed by atoms with Gasteiger partial charge in [-0.05, 0) is 36.4 Å². The highest BCUT2D eigenvalue weighted by atomic mass is 19.4. The van der Waals surface area contributed by atoms with Crippen LogP contribution in [-0.2, 0) is 11.0 Å². The summed E-state index contributed by atoms with van der Waals surface area (Å²) in [5.74, 6) is -1.49. The highest BCUT2D eigenvalue weighted by molar-refractivity contribution is 6.05. The molecule has 0 unspecified atom stereocenters. The minimum absolute atomic E-state index is 0.207. The molecular weight excluding hydrogens is 375 g/mol. The van der Waals surface area contributed by atoms with Crippen molar-refractivity contribution < 1.29 is 27.6 Å². The maximum Gasteiger partial charge on any atom is 0.417 e. The van der Waals surface area contributed by atoms with Gasteiger partial charge in [-0.3, -0.25) is 14.4 Å². The summed E-state index contributed by atoms with van der Waals surface area (Å²) in [6.45, 7) is 1.89. The summed E-state index contributed by atoms with van der Waals surface area (Å²) < 4.78 is 39.0. The predicted molar refractivity (Wildman–Crippen MR) is 96.9 cm³/mol. The molecule has 2 aromatic carbocycles. The average molecular weight is 393 g/mol. The van der Waals surface area contributed by atoms with Crippen molar-refractivity contribution >= 4 is 23.4 Å². The molecule has 3 amide bonds. The number of nitrogens with one attached hydrogen (secondary N) is 3. The number of hydrogen-bond acceptors (Lipinski definition) is 3. The Morgan fingerprint density at radius 1 is 0.857 bits per heavy atom. The van der Waals surface area contributed by atoms with E-state index in [-0.39, 0.29) is 30.6 Å². The van der Waals surface area contributed by atoms with Gasteiger partial charge < -0.3 is 16.0 Å². The molecule has 0 heterocycles. The zero-order valence-corrected chi connectivity index (χ0v) is 14.9. The van der Waals surface area contributed by atoms with E-state index >= 15 is 0 Å². The molecule has 2 rings (SSSR count). The fraction of sp³-hybridized carbons (Fsp3) is 0.211. The molecule has 0 aliphatic carbocycles. The van der Waals surface area contributed by atoms with Crippen LogP contribution in [0, 0.1) is 0 Å². The summed E-state index contributed by atoms with van der Waals surface area (Å²) in [6.07, 6.45) is -4.65. The third kappa shape index (κ3) is 5.83. The van der Waals surface area contributed by atoms with E-state index in [1.807, 2.05) is 0 Å². The van der Waals surface area contributed by atoms with Gasteiger partial charge >= 0.3 is 6.18 Å². The van der Waals surface area contributed by atoms with E-state index in [4.69, 9.17) is 0 Å². The van der Waals surface area contributed by atoms with Gasteiger partial charge in [-0.1, -0.05) is 12.1 Å². The van der Waals surface area contributed by atoms with Crippen molar-refractivity contribution in [3.05, 3.63) is 65.2 Å². The number of rotatable bonds is 6. The number of alkyl halides is 3. The quantitative estimate of drug-likeness (QED) is 0.660. The number of carbonyl (C=O) groups excluding carboxylic acids is 3. The molecule has 0 saturated carbocycles. The lowest BCUT2D eigenvalue weighted by atomic mass is 10.1. The van der Waals surface area contributed by atoms with E-state index in [9.17, 15) is 27.6 Å². The molecule has 0 radical (unpaired) electrons. The van der Waals surface area contributed by atoms with E-state index in [2.05, 4.69) is 16.0 Å². The van der Waals surface area contributed by atoms with Gasteiger partial charge in [0.25, 0.3) is 11.8 Å². The number of hydrogen-bond donors (Lipinski definition) is 3. The van der Waals surface area contributed by atoms with Gasteiger partial charge in [-0.25, -0.2) is 0 Å². The average Bonchev–Trinajstić information content (AvgIpc) is 2.64. The van der Waals surface area contributed by atoms with Gasteiger partial charge in [-0.15, -0.1) is 0 Å². The Balaban J connectivity index is 2.00. The van der Waals surface area contributed by atoms with Gasteiger partial charge in [0.05, 0.1) is 11.1 Å². The zero-order chi connectivity index (χ0) is 20.7. The van der Waals surface area contributed by atoms with Crippen molar-refractivity contribution in [2.45, 2.75) is 13.1 Å². The first kappa shape index (κ1) is 20.9. The number of halogens is 3. The molecule has 2 aromatic rings. The van der Waals surface area contributed by atoms with Crippen molar-refractivity contribution in [3.8, 4) is 0 Å². The van der Waals surface area contributed by atoms with Crippen molar-refractivity contribution in [3.63, 3.8) is 0 Å². The van der Waals surface area contributed by atoms with Crippen LogP contribution in [0.15, 0.2) is 48.5 Å². The molecule has 6 nitrogen and oxygen atoms in total. The minimum atomic E-state index is -4.65. The molecule has 0 aliphatic rings. The van der Waals surface area contributed by atoms with Gasteiger partial charge in [0, 0.05) is 31.3 Å². The summed E-state index contributed by atoms with van der Waals surface area (Å²) in [6, 6.07) is 10.2. The molecule has 3 N–H and O–H groups in total. The second-order valence-corrected chi connectivity index (χ2v) is 5.81. The highest BCUT2D eigenvalue weighted by Crippen LogP contribution is 2.32. The summed E-state index contributed by atoms with van der Waals surface area (Å²) >= 11 is 0. The van der Waals surface area contributed by atoms with Gasteiger partial charge in [0.1, 0.15) is 0 Å². The Labute approximate surface area is 159 Å². The van der Waals surface area contributed by atoms with Crippen molar-refractivity contribution in [1.82, 2.24) is 10.6 Å². The molecule has 0 fully saturated rings. The summed E-state index contributed by atoms with van der Waals surface area (Å²) in [4.78, 5) is 34.9. The van der Waals surface area contributed by atoms with Crippen LogP contribution in [-0.4, -0.2) is 30.8 Å². The van der Waals surface area contributed by atoms with Crippen LogP contribution in [0.5, 0.6) is 0 Å². The maximum atomic E-state index is 13.0. The molecule has 0 spiro atoms. The van der Waals surface area contributed by atoms with E-state index in [0.717, 1.165) is 12.1 Å². The van der Waals surface area contributed by atoms with E-state index in [1.54, 1.807) is 0 Å². The molecular formula is C19H18F3N3O3. The minimum Gasteiger partial charge on any atom is -0.355 e. The van der Waals surface area contributed by atoms with Gasteiger partial charge in [0.2, 0.25) is 5.91 Å². The van der Waals surface area contributed by atoms with E-state index < -0.39 is 23.2 Å². The Hall–Kier alpha value is -3.36. The lowest BCUT2D eigenvalue weighted by molar-refractivity contribution is -0.137. The van der Waals surface area contributed by atoms with Crippen molar-refractivity contribution in [2.24, 2.45) is 0 Å². The number of carbonyl (C=O) groups is 3. The number of amides is 3.